The molecule has 2 aromatic heterocycles. The van der Waals surface area contributed by atoms with E-state index in [1.54, 1.807) is 47.7 Å². The Bertz CT molecular complexity index is 1270. The molecule has 6 nitrogen and oxygen atoms in total. The van der Waals surface area contributed by atoms with Crippen molar-refractivity contribution >= 4 is 50.0 Å². The SMILES string of the molecule is CN(c1ccccc1)S(=O)(=O)c1cccc(NC(=O)c2cnc(-c3cccs3)s2)c1. The number of hydrogen-bond donors (Lipinski definition) is 1. The molecule has 1 amide bonds. The number of benzene rings is 2. The summed E-state index contributed by atoms with van der Waals surface area (Å²) in [5.41, 5.74) is 0.950. The Morgan fingerprint density at radius 2 is 1.83 bits per heavy atom. The van der Waals surface area contributed by atoms with Crippen molar-refractivity contribution in [1.29, 1.82) is 0 Å². The molecule has 4 rings (SSSR count). The molecule has 0 aliphatic carbocycles. The number of thiazole rings is 1. The van der Waals surface area contributed by atoms with Crippen molar-refractivity contribution in [2.75, 3.05) is 16.7 Å². The number of sulfonamides is 1. The first-order valence-corrected chi connectivity index (χ1v) is 12.0. The molecule has 152 valence electrons. The zero-order chi connectivity index (χ0) is 21.1. The van der Waals surface area contributed by atoms with Gasteiger partial charge in [-0.25, -0.2) is 13.4 Å². The van der Waals surface area contributed by atoms with Gasteiger partial charge in [0.25, 0.3) is 15.9 Å². The Morgan fingerprint density at radius 1 is 1.03 bits per heavy atom. The van der Waals surface area contributed by atoms with E-state index in [0.717, 1.165) is 9.88 Å². The van der Waals surface area contributed by atoms with Crippen molar-refractivity contribution in [3.05, 3.63) is 83.2 Å². The van der Waals surface area contributed by atoms with Gasteiger partial charge in [0.15, 0.2) is 0 Å². The minimum atomic E-state index is -3.77. The largest absolute Gasteiger partial charge is 0.321 e. The van der Waals surface area contributed by atoms with E-state index in [-0.39, 0.29) is 10.8 Å². The Balaban J connectivity index is 1.54. The quantitative estimate of drug-likeness (QED) is 0.446. The molecule has 1 N–H and O–H groups in total. The summed E-state index contributed by atoms with van der Waals surface area (Å²) < 4.78 is 27.2. The third-order valence-electron chi connectivity index (χ3n) is 4.33. The van der Waals surface area contributed by atoms with Crippen molar-refractivity contribution in [2.24, 2.45) is 0 Å². The van der Waals surface area contributed by atoms with Crippen LogP contribution >= 0.6 is 22.7 Å². The monoisotopic (exact) mass is 455 g/mol. The van der Waals surface area contributed by atoms with Crippen molar-refractivity contribution < 1.29 is 13.2 Å². The summed E-state index contributed by atoms with van der Waals surface area (Å²) >= 11 is 2.85. The first-order chi connectivity index (χ1) is 14.4. The maximum absolute atomic E-state index is 13.0. The van der Waals surface area contributed by atoms with E-state index in [9.17, 15) is 13.2 Å². The third kappa shape index (κ3) is 4.13. The number of amides is 1. The molecule has 0 fully saturated rings. The predicted molar refractivity (Wildman–Crippen MR) is 122 cm³/mol. The minimum Gasteiger partial charge on any atom is -0.321 e. The summed E-state index contributed by atoms with van der Waals surface area (Å²) in [6.45, 7) is 0. The second-order valence-corrected chi connectivity index (χ2v) is 10.2. The molecule has 0 saturated heterocycles. The van der Waals surface area contributed by atoms with Crippen LogP contribution in [0.15, 0.2) is 83.2 Å². The van der Waals surface area contributed by atoms with E-state index in [1.165, 1.54) is 41.0 Å². The fourth-order valence-corrected chi connectivity index (χ4v) is 5.61. The minimum absolute atomic E-state index is 0.0928. The summed E-state index contributed by atoms with van der Waals surface area (Å²) in [4.78, 5) is 18.5. The van der Waals surface area contributed by atoms with Crippen molar-refractivity contribution in [3.8, 4) is 9.88 Å². The van der Waals surface area contributed by atoms with Gasteiger partial charge in [0.2, 0.25) is 0 Å². The lowest BCUT2D eigenvalue weighted by Crippen LogP contribution is -2.26. The average Bonchev–Trinajstić information content (AvgIpc) is 3.46. The van der Waals surface area contributed by atoms with Crippen LogP contribution in [-0.4, -0.2) is 26.4 Å². The molecule has 0 aliphatic rings. The maximum Gasteiger partial charge on any atom is 0.267 e. The topological polar surface area (TPSA) is 79.4 Å². The first kappa shape index (κ1) is 20.3. The molecule has 2 aromatic carbocycles. The molecule has 0 atom stereocenters. The van der Waals surface area contributed by atoms with E-state index < -0.39 is 10.0 Å². The van der Waals surface area contributed by atoms with Crippen molar-refractivity contribution in [2.45, 2.75) is 4.90 Å². The van der Waals surface area contributed by atoms with Crippen LogP contribution in [0.4, 0.5) is 11.4 Å². The highest BCUT2D eigenvalue weighted by molar-refractivity contribution is 7.92. The highest BCUT2D eigenvalue weighted by Gasteiger charge is 2.22. The highest BCUT2D eigenvalue weighted by atomic mass is 32.2. The summed E-state index contributed by atoms with van der Waals surface area (Å²) in [6.07, 6.45) is 1.53. The van der Waals surface area contributed by atoms with Gasteiger partial charge < -0.3 is 5.32 Å². The van der Waals surface area contributed by atoms with Crippen LogP contribution in [-0.2, 0) is 10.0 Å². The van der Waals surface area contributed by atoms with E-state index in [0.29, 0.717) is 16.3 Å². The number of thiophene rings is 1. The number of para-hydroxylation sites is 1. The van der Waals surface area contributed by atoms with Crippen LogP contribution in [0.1, 0.15) is 9.67 Å². The van der Waals surface area contributed by atoms with Crippen molar-refractivity contribution in [3.63, 3.8) is 0 Å². The lowest BCUT2D eigenvalue weighted by molar-refractivity contribution is 0.103. The summed E-state index contributed by atoms with van der Waals surface area (Å²) in [5, 5.41) is 5.49. The zero-order valence-corrected chi connectivity index (χ0v) is 18.3. The molecule has 0 saturated carbocycles. The molecule has 30 heavy (non-hydrogen) atoms. The first-order valence-electron chi connectivity index (χ1n) is 8.90. The van der Waals surface area contributed by atoms with Crippen LogP contribution in [0.2, 0.25) is 0 Å². The fraction of sp³-hybridized carbons (Fsp3) is 0.0476. The molecule has 9 heteroatoms. The molecular weight excluding hydrogens is 438 g/mol. The average molecular weight is 456 g/mol. The number of anilines is 2. The summed E-state index contributed by atoms with van der Waals surface area (Å²) in [7, 11) is -2.27. The van der Waals surface area contributed by atoms with Gasteiger partial charge in [-0.15, -0.1) is 22.7 Å². The third-order valence-corrected chi connectivity index (χ3v) is 8.15. The molecule has 0 spiro atoms. The molecular formula is C21H17N3O3S3. The summed E-state index contributed by atoms with van der Waals surface area (Å²) in [6, 6.07) is 18.9. The van der Waals surface area contributed by atoms with Crippen LogP contribution in [0, 0.1) is 0 Å². The standard InChI is InChI=1S/C21H17N3O3S3/c1-24(16-8-3-2-4-9-16)30(26,27)17-10-5-7-15(13-17)23-20(25)19-14-22-21(29-19)18-11-6-12-28-18/h2-14H,1H3,(H,23,25). The maximum atomic E-state index is 13.0. The van der Waals surface area contributed by atoms with Gasteiger partial charge in [0.1, 0.15) is 9.88 Å². The number of rotatable bonds is 6. The fourth-order valence-electron chi connectivity index (χ4n) is 2.76. The van der Waals surface area contributed by atoms with Gasteiger partial charge >= 0.3 is 0 Å². The van der Waals surface area contributed by atoms with Gasteiger partial charge in [-0.3, -0.25) is 9.10 Å². The number of nitrogens with zero attached hydrogens (tertiary/aromatic N) is 2. The van der Waals surface area contributed by atoms with E-state index >= 15 is 0 Å². The summed E-state index contributed by atoms with van der Waals surface area (Å²) in [5.74, 6) is -0.332. The van der Waals surface area contributed by atoms with Crippen LogP contribution in [0.5, 0.6) is 0 Å². The zero-order valence-electron chi connectivity index (χ0n) is 15.8. The molecule has 0 unspecified atom stereocenters. The van der Waals surface area contributed by atoms with Gasteiger partial charge in [-0.05, 0) is 41.8 Å². The molecule has 0 bridgehead atoms. The Labute approximate surface area is 182 Å². The highest BCUT2D eigenvalue weighted by Crippen LogP contribution is 2.29. The van der Waals surface area contributed by atoms with E-state index in [2.05, 4.69) is 10.3 Å². The van der Waals surface area contributed by atoms with Gasteiger partial charge in [0.05, 0.1) is 21.7 Å². The van der Waals surface area contributed by atoms with Crippen LogP contribution < -0.4 is 9.62 Å². The number of aromatic nitrogens is 1. The Kier molecular flexibility index (Phi) is 5.67. The second kappa shape index (κ2) is 8.39. The Hall–Kier alpha value is -3.01. The smallest absolute Gasteiger partial charge is 0.267 e. The molecule has 2 heterocycles. The number of nitrogens with one attached hydrogen (secondary N) is 1. The van der Waals surface area contributed by atoms with Crippen LogP contribution in [0.3, 0.4) is 0 Å². The lowest BCUT2D eigenvalue weighted by atomic mass is 10.3. The lowest BCUT2D eigenvalue weighted by Gasteiger charge is -2.19. The van der Waals surface area contributed by atoms with E-state index in [4.69, 9.17) is 0 Å². The molecule has 4 aromatic rings. The van der Waals surface area contributed by atoms with Gasteiger partial charge in [-0.2, -0.15) is 0 Å². The van der Waals surface area contributed by atoms with Gasteiger partial charge in [-0.1, -0.05) is 30.3 Å². The van der Waals surface area contributed by atoms with Crippen LogP contribution in [0.25, 0.3) is 9.88 Å². The molecule has 0 radical (unpaired) electrons. The van der Waals surface area contributed by atoms with E-state index in [1.807, 2.05) is 23.6 Å². The molecule has 0 aliphatic heterocycles. The van der Waals surface area contributed by atoms with Gasteiger partial charge in [0, 0.05) is 12.7 Å². The number of hydrogen-bond acceptors (Lipinski definition) is 6. The number of carbonyl (C=O) groups excluding carboxylic acids is 1. The van der Waals surface area contributed by atoms with Crippen molar-refractivity contribution in [1.82, 2.24) is 4.98 Å². The predicted octanol–water partition coefficient (Wildman–Crippen LogP) is 4.95. The Morgan fingerprint density at radius 3 is 2.57 bits per heavy atom. The number of carbonyl (C=O) groups is 1. The normalized spacial score (nSPS) is 11.2. The second-order valence-electron chi connectivity index (χ2n) is 6.30.